The molecule has 0 unspecified atom stereocenters. The van der Waals surface area contributed by atoms with Crippen LogP contribution in [0.2, 0.25) is 0 Å². The van der Waals surface area contributed by atoms with Gasteiger partial charge in [0.2, 0.25) is 5.91 Å². The fourth-order valence-corrected chi connectivity index (χ4v) is 5.29. The number of hydrogen-bond acceptors (Lipinski definition) is 6. The van der Waals surface area contributed by atoms with Crippen molar-refractivity contribution in [1.29, 1.82) is 0 Å². The van der Waals surface area contributed by atoms with Crippen molar-refractivity contribution in [2.75, 3.05) is 17.7 Å². The van der Waals surface area contributed by atoms with Crippen LogP contribution in [0.3, 0.4) is 0 Å². The maximum atomic E-state index is 12.5. The van der Waals surface area contributed by atoms with Crippen molar-refractivity contribution in [3.05, 3.63) is 46.6 Å². The molecule has 0 fully saturated rings. The molecule has 0 bridgehead atoms. The van der Waals surface area contributed by atoms with Gasteiger partial charge in [-0.25, -0.2) is 9.78 Å². The molecule has 0 saturated carbocycles. The molecule has 1 aliphatic rings. The lowest BCUT2D eigenvalue weighted by Gasteiger charge is -2.08. The van der Waals surface area contributed by atoms with Crippen LogP contribution in [0.25, 0.3) is 5.52 Å². The Kier molecular flexibility index (Phi) is 5.18. The predicted molar refractivity (Wildman–Crippen MR) is 107 cm³/mol. The van der Waals surface area contributed by atoms with Gasteiger partial charge in [0.05, 0.1) is 29.6 Å². The zero-order chi connectivity index (χ0) is 18.8. The van der Waals surface area contributed by atoms with Gasteiger partial charge in [-0.3, -0.25) is 9.20 Å². The SMILES string of the molecule is CCOC(=O)c1c(NC(=O)CSc2ncc3ccccn23)sc2c1CCC2. The van der Waals surface area contributed by atoms with E-state index < -0.39 is 0 Å². The minimum atomic E-state index is -0.348. The third kappa shape index (κ3) is 3.59. The molecule has 0 aromatic carbocycles. The van der Waals surface area contributed by atoms with Crippen LogP contribution in [0.1, 0.15) is 34.1 Å². The molecule has 6 nitrogen and oxygen atoms in total. The standard InChI is InChI=1S/C19H19N3O3S2/c1-2-25-18(24)16-13-7-5-8-14(13)27-17(16)21-15(23)11-26-19-20-10-12-6-3-4-9-22(12)19/h3-4,6,9-10H,2,5,7-8,11H2,1H3,(H,21,23). The van der Waals surface area contributed by atoms with E-state index in [1.165, 1.54) is 28.0 Å². The van der Waals surface area contributed by atoms with Gasteiger partial charge in [-0.15, -0.1) is 11.3 Å². The highest BCUT2D eigenvalue weighted by Gasteiger charge is 2.28. The summed E-state index contributed by atoms with van der Waals surface area (Å²) in [7, 11) is 0. The molecule has 3 aromatic heterocycles. The van der Waals surface area contributed by atoms with E-state index in [0.29, 0.717) is 17.2 Å². The molecule has 3 heterocycles. The Morgan fingerprint density at radius 1 is 1.37 bits per heavy atom. The Labute approximate surface area is 164 Å². The number of ether oxygens (including phenoxy) is 1. The van der Waals surface area contributed by atoms with Crippen molar-refractivity contribution in [2.24, 2.45) is 0 Å². The van der Waals surface area contributed by atoms with Crippen LogP contribution in [-0.4, -0.2) is 33.6 Å². The highest BCUT2D eigenvalue weighted by Crippen LogP contribution is 2.39. The van der Waals surface area contributed by atoms with E-state index in [0.717, 1.165) is 35.5 Å². The Balaban J connectivity index is 1.47. The van der Waals surface area contributed by atoms with Gasteiger partial charge in [0.1, 0.15) is 5.00 Å². The van der Waals surface area contributed by atoms with Crippen LogP contribution in [-0.2, 0) is 22.4 Å². The smallest absolute Gasteiger partial charge is 0.341 e. The van der Waals surface area contributed by atoms with Crippen molar-refractivity contribution in [3.8, 4) is 0 Å². The highest BCUT2D eigenvalue weighted by molar-refractivity contribution is 7.99. The van der Waals surface area contributed by atoms with E-state index in [-0.39, 0.29) is 17.6 Å². The second-order valence-electron chi connectivity index (χ2n) is 6.16. The van der Waals surface area contributed by atoms with E-state index in [2.05, 4.69) is 10.3 Å². The first-order valence-electron chi connectivity index (χ1n) is 8.83. The fourth-order valence-electron chi connectivity index (χ4n) is 3.23. The molecular formula is C19H19N3O3S2. The summed E-state index contributed by atoms with van der Waals surface area (Å²) in [5.74, 6) is -0.281. The average molecular weight is 402 g/mol. The molecule has 4 rings (SSSR count). The summed E-state index contributed by atoms with van der Waals surface area (Å²) in [6, 6.07) is 5.85. The summed E-state index contributed by atoms with van der Waals surface area (Å²) in [5, 5.41) is 4.28. The third-order valence-corrected chi connectivity index (χ3v) is 6.56. The largest absolute Gasteiger partial charge is 0.462 e. The van der Waals surface area contributed by atoms with Gasteiger partial charge < -0.3 is 10.1 Å². The van der Waals surface area contributed by atoms with E-state index >= 15 is 0 Å². The van der Waals surface area contributed by atoms with Gasteiger partial charge in [0.25, 0.3) is 0 Å². The summed E-state index contributed by atoms with van der Waals surface area (Å²) in [4.78, 5) is 30.4. The number of nitrogens with one attached hydrogen (secondary N) is 1. The molecule has 0 radical (unpaired) electrons. The van der Waals surface area contributed by atoms with Gasteiger partial charge in [0.15, 0.2) is 5.16 Å². The molecule has 0 spiro atoms. The van der Waals surface area contributed by atoms with Gasteiger partial charge in [-0.2, -0.15) is 0 Å². The molecule has 140 valence electrons. The lowest BCUT2D eigenvalue weighted by molar-refractivity contribution is -0.113. The summed E-state index contributed by atoms with van der Waals surface area (Å²) < 4.78 is 7.14. The van der Waals surface area contributed by atoms with Crippen molar-refractivity contribution < 1.29 is 14.3 Å². The molecule has 1 aliphatic carbocycles. The zero-order valence-corrected chi connectivity index (χ0v) is 16.5. The van der Waals surface area contributed by atoms with Crippen LogP contribution < -0.4 is 5.32 Å². The van der Waals surface area contributed by atoms with Crippen LogP contribution in [0, 0.1) is 0 Å². The number of carbonyl (C=O) groups is 2. The summed E-state index contributed by atoms with van der Waals surface area (Å²) >= 11 is 2.86. The topological polar surface area (TPSA) is 72.7 Å². The summed E-state index contributed by atoms with van der Waals surface area (Å²) in [6.45, 7) is 2.11. The maximum absolute atomic E-state index is 12.5. The minimum absolute atomic E-state index is 0.154. The van der Waals surface area contributed by atoms with Gasteiger partial charge >= 0.3 is 5.97 Å². The van der Waals surface area contributed by atoms with Crippen molar-refractivity contribution in [3.63, 3.8) is 0 Å². The summed E-state index contributed by atoms with van der Waals surface area (Å²) in [6.07, 6.45) is 6.57. The van der Waals surface area contributed by atoms with Crippen LogP contribution in [0.4, 0.5) is 5.00 Å². The molecule has 8 heteroatoms. The van der Waals surface area contributed by atoms with Crippen LogP contribution >= 0.6 is 23.1 Å². The van der Waals surface area contributed by atoms with Gasteiger partial charge in [0, 0.05) is 11.1 Å². The predicted octanol–water partition coefficient (Wildman–Crippen LogP) is 3.79. The number of thioether (sulfide) groups is 1. The van der Waals surface area contributed by atoms with Gasteiger partial charge in [-0.05, 0) is 43.9 Å². The molecular weight excluding hydrogens is 382 g/mol. The number of hydrogen-bond donors (Lipinski definition) is 1. The Hall–Kier alpha value is -2.32. The van der Waals surface area contributed by atoms with E-state index in [1.807, 2.05) is 28.8 Å². The molecule has 1 N–H and O–H groups in total. The summed E-state index contributed by atoms with van der Waals surface area (Å²) in [5.41, 5.74) is 2.57. The number of carbonyl (C=O) groups excluding carboxylic acids is 2. The van der Waals surface area contributed by atoms with Gasteiger partial charge in [-0.1, -0.05) is 17.8 Å². The second kappa shape index (κ2) is 7.74. The first-order chi connectivity index (χ1) is 13.2. The minimum Gasteiger partial charge on any atom is -0.462 e. The Morgan fingerprint density at radius 2 is 2.26 bits per heavy atom. The third-order valence-electron chi connectivity index (χ3n) is 4.39. The molecule has 0 aliphatic heterocycles. The van der Waals surface area contributed by atoms with E-state index in [4.69, 9.17) is 4.74 Å². The van der Waals surface area contributed by atoms with Crippen molar-refractivity contribution in [2.45, 2.75) is 31.3 Å². The lowest BCUT2D eigenvalue weighted by Crippen LogP contribution is -2.17. The lowest BCUT2D eigenvalue weighted by atomic mass is 10.1. The quantitative estimate of drug-likeness (QED) is 0.503. The molecule has 1 amide bonds. The maximum Gasteiger partial charge on any atom is 0.341 e. The number of aromatic nitrogens is 2. The van der Waals surface area contributed by atoms with Crippen molar-refractivity contribution >= 4 is 45.5 Å². The molecule has 0 saturated heterocycles. The molecule has 3 aromatic rings. The van der Waals surface area contributed by atoms with E-state index in [1.54, 1.807) is 13.1 Å². The highest BCUT2D eigenvalue weighted by atomic mass is 32.2. The van der Waals surface area contributed by atoms with E-state index in [9.17, 15) is 9.59 Å². The first kappa shape index (κ1) is 18.1. The number of thiophene rings is 1. The average Bonchev–Trinajstić information content (AvgIpc) is 3.34. The fraction of sp³-hybridized carbons (Fsp3) is 0.316. The zero-order valence-electron chi connectivity index (χ0n) is 14.9. The molecule has 0 atom stereocenters. The second-order valence-corrected chi connectivity index (χ2v) is 8.20. The number of aryl methyl sites for hydroxylation is 1. The monoisotopic (exact) mass is 401 g/mol. The number of anilines is 1. The van der Waals surface area contributed by atoms with Crippen LogP contribution in [0.15, 0.2) is 35.7 Å². The number of rotatable bonds is 6. The normalized spacial score (nSPS) is 12.9. The number of esters is 1. The van der Waals surface area contributed by atoms with Crippen LogP contribution in [0.5, 0.6) is 0 Å². The number of amides is 1. The Morgan fingerprint density at radius 3 is 3.11 bits per heavy atom. The number of pyridine rings is 1. The first-order valence-corrected chi connectivity index (χ1v) is 10.6. The number of nitrogens with zero attached hydrogens (tertiary/aromatic N) is 2. The number of fused-ring (bicyclic) bond motifs is 2. The molecule has 27 heavy (non-hydrogen) atoms. The van der Waals surface area contributed by atoms with Crippen molar-refractivity contribution in [1.82, 2.24) is 9.38 Å². The Bertz CT molecular complexity index is 1010. The number of imidazole rings is 1.